The van der Waals surface area contributed by atoms with E-state index in [9.17, 15) is 9.59 Å². The zero-order valence-corrected chi connectivity index (χ0v) is 10.9. The van der Waals surface area contributed by atoms with Crippen molar-refractivity contribution in [1.82, 2.24) is 10.6 Å². The fourth-order valence-corrected chi connectivity index (χ4v) is 1.55. The minimum atomic E-state index is -0.581. The van der Waals surface area contributed by atoms with Gasteiger partial charge in [0.1, 0.15) is 0 Å². The fourth-order valence-electron chi connectivity index (χ4n) is 1.55. The van der Waals surface area contributed by atoms with Crippen LogP contribution < -0.4 is 10.6 Å². The van der Waals surface area contributed by atoms with Gasteiger partial charge in [-0.05, 0) is 18.9 Å². The maximum atomic E-state index is 11.6. The number of carbonyl (C=O) groups is 2. The van der Waals surface area contributed by atoms with Gasteiger partial charge < -0.3 is 10.6 Å². The Morgan fingerprint density at radius 1 is 1.17 bits per heavy atom. The molecule has 0 aromatic heterocycles. The highest BCUT2D eigenvalue weighted by atomic mass is 16.2. The van der Waals surface area contributed by atoms with Crippen LogP contribution in [0.15, 0.2) is 30.3 Å². The van der Waals surface area contributed by atoms with E-state index >= 15 is 0 Å². The molecule has 18 heavy (non-hydrogen) atoms. The SMILES string of the molecule is CCCCNC(=O)C(=O)NC(C)c1ccccc1. The average molecular weight is 248 g/mol. The van der Waals surface area contributed by atoms with E-state index in [0.717, 1.165) is 18.4 Å². The first-order valence-electron chi connectivity index (χ1n) is 6.28. The van der Waals surface area contributed by atoms with Crippen LogP contribution in [0.3, 0.4) is 0 Å². The number of benzene rings is 1. The number of hydrogen-bond donors (Lipinski definition) is 2. The highest BCUT2D eigenvalue weighted by Crippen LogP contribution is 2.10. The van der Waals surface area contributed by atoms with Crippen LogP contribution in [0.2, 0.25) is 0 Å². The van der Waals surface area contributed by atoms with E-state index in [2.05, 4.69) is 10.6 Å². The first-order valence-corrected chi connectivity index (χ1v) is 6.28. The van der Waals surface area contributed by atoms with E-state index in [1.165, 1.54) is 0 Å². The standard InChI is InChI=1S/C14H20N2O2/c1-3-4-10-15-13(17)14(18)16-11(2)12-8-6-5-7-9-12/h5-9,11H,3-4,10H2,1-2H3,(H,15,17)(H,16,18). The van der Waals surface area contributed by atoms with Gasteiger partial charge in [-0.15, -0.1) is 0 Å². The van der Waals surface area contributed by atoms with Gasteiger partial charge in [-0.2, -0.15) is 0 Å². The van der Waals surface area contributed by atoms with Crippen molar-refractivity contribution in [3.05, 3.63) is 35.9 Å². The van der Waals surface area contributed by atoms with E-state index < -0.39 is 11.8 Å². The predicted molar refractivity (Wildman–Crippen MR) is 70.9 cm³/mol. The summed E-state index contributed by atoms with van der Waals surface area (Å²) in [6.07, 6.45) is 1.87. The minimum absolute atomic E-state index is 0.171. The molecular weight excluding hydrogens is 228 g/mol. The van der Waals surface area contributed by atoms with E-state index in [4.69, 9.17) is 0 Å². The molecule has 0 aliphatic carbocycles. The summed E-state index contributed by atoms with van der Waals surface area (Å²) in [6.45, 7) is 4.43. The van der Waals surface area contributed by atoms with Crippen molar-refractivity contribution < 1.29 is 9.59 Å². The highest BCUT2D eigenvalue weighted by molar-refractivity contribution is 6.35. The lowest BCUT2D eigenvalue weighted by atomic mass is 10.1. The summed E-state index contributed by atoms with van der Waals surface area (Å²) in [5.74, 6) is -1.14. The first-order chi connectivity index (χ1) is 8.65. The molecule has 0 radical (unpaired) electrons. The Morgan fingerprint density at radius 3 is 2.44 bits per heavy atom. The van der Waals surface area contributed by atoms with Gasteiger partial charge in [0.05, 0.1) is 6.04 Å². The maximum absolute atomic E-state index is 11.6. The summed E-state index contributed by atoms with van der Waals surface area (Å²) in [5, 5.41) is 5.26. The number of nitrogens with one attached hydrogen (secondary N) is 2. The van der Waals surface area contributed by atoms with Crippen LogP contribution in [0.1, 0.15) is 38.3 Å². The van der Waals surface area contributed by atoms with Crippen molar-refractivity contribution in [2.24, 2.45) is 0 Å². The minimum Gasteiger partial charge on any atom is -0.348 e. The molecule has 0 aliphatic heterocycles. The van der Waals surface area contributed by atoms with E-state index in [1.807, 2.05) is 44.2 Å². The molecule has 1 aromatic carbocycles. The summed E-state index contributed by atoms with van der Waals surface area (Å²) in [5.41, 5.74) is 0.979. The lowest BCUT2D eigenvalue weighted by Gasteiger charge is -2.13. The molecule has 2 amide bonds. The third-order valence-electron chi connectivity index (χ3n) is 2.67. The van der Waals surface area contributed by atoms with Gasteiger partial charge in [0.15, 0.2) is 0 Å². The van der Waals surface area contributed by atoms with Gasteiger partial charge in [0.25, 0.3) is 0 Å². The van der Waals surface area contributed by atoms with Gasteiger partial charge in [-0.3, -0.25) is 9.59 Å². The summed E-state index contributed by atoms with van der Waals surface area (Å²) < 4.78 is 0. The van der Waals surface area contributed by atoms with Gasteiger partial charge >= 0.3 is 11.8 Å². The van der Waals surface area contributed by atoms with Crippen molar-refractivity contribution in [3.8, 4) is 0 Å². The molecule has 0 saturated carbocycles. The Morgan fingerprint density at radius 2 is 1.83 bits per heavy atom. The highest BCUT2D eigenvalue weighted by Gasteiger charge is 2.15. The van der Waals surface area contributed by atoms with Gasteiger partial charge in [-0.25, -0.2) is 0 Å². The summed E-state index contributed by atoms with van der Waals surface area (Å²) in [4.78, 5) is 23.1. The van der Waals surface area contributed by atoms with Crippen LogP contribution in [-0.4, -0.2) is 18.4 Å². The second kappa shape index (κ2) is 7.48. The van der Waals surface area contributed by atoms with Crippen LogP contribution >= 0.6 is 0 Å². The molecule has 98 valence electrons. The number of carbonyl (C=O) groups excluding carboxylic acids is 2. The third kappa shape index (κ3) is 4.57. The van der Waals surface area contributed by atoms with Crippen molar-refractivity contribution in [2.45, 2.75) is 32.7 Å². The molecule has 0 fully saturated rings. The lowest BCUT2D eigenvalue weighted by Crippen LogP contribution is -2.41. The Labute approximate surface area is 108 Å². The third-order valence-corrected chi connectivity index (χ3v) is 2.67. The second-order valence-corrected chi connectivity index (χ2v) is 4.22. The number of hydrogen-bond acceptors (Lipinski definition) is 2. The second-order valence-electron chi connectivity index (χ2n) is 4.22. The molecule has 0 aliphatic rings. The quantitative estimate of drug-likeness (QED) is 0.616. The van der Waals surface area contributed by atoms with Crippen LogP contribution in [0.5, 0.6) is 0 Å². The Kier molecular flexibility index (Phi) is 5.91. The fraction of sp³-hybridized carbons (Fsp3) is 0.429. The molecule has 0 heterocycles. The normalized spacial score (nSPS) is 11.7. The molecular formula is C14H20N2O2. The summed E-state index contributed by atoms with van der Waals surface area (Å²) in [6, 6.07) is 9.38. The number of unbranched alkanes of at least 4 members (excludes halogenated alkanes) is 1. The van der Waals surface area contributed by atoms with E-state index in [1.54, 1.807) is 0 Å². The molecule has 1 atom stereocenters. The van der Waals surface area contributed by atoms with Crippen LogP contribution in [-0.2, 0) is 9.59 Å². The van der Waals surface area contributed by atoms with E-state index in [0.29, 0.717) is 6.54 Å². The molecule has 2 N–H and O–H groups in total. The Bertz CT molecular complexity index is 390. The molecule has 1 unspecified atom stereocenters. The summed E-state index contributed by atoms with van der Waals surface area (Å²) in [7, 11) is 0. The topological polar surface area (TPSA) is 58.2 Å². The number of amides is 2. The number of rotatable bonds is 5. The zero-order valence-electron chi connectivity index (χ0n) is 10.9. The predicted octanol–water partition coefficient (Wildman–Crippen LogP) is 1.78. The van der Waals surface area contributed by atoms with Crippen LogP contribution in [0.4, 0.5) is 0 Å². The molecule has 4 nitrogen and oxygen atoms in total. The smallest absolute Gasteiger partial charge is 0.309 e. The van der Waals surface area contributed by atoms with Crippen LogP contribution in [0.25, 0.3) is 0 Å². The summed E-state index contributed by atoms with van der Waals surface area (Å²) >= 11 is 0. The van der Waals surface area contributed by atoms with Gasteiger partial charge in [0.2, 0.25) is 0 Å². The zero-order chi connectivity index (χ0) is 13.4. The maximum Gasteiger partial charge on any atom is 0.309 e. The van der Waals surface area contributed by atoms with Crippen molar-refractivity contribution in [2.75, 3.05) is 6.54 Å². The van der Waals surface area contributed by atoms with Gasteiger partial charge in [0, 0.05) is 6.54 Å². The molecule has 4 heteroatoms. The molecule has 1 rings (SSSR count). The van der Waals surface area contributed by atoms with Crippen molar-refractivity contribution in [1.29, 1.82) is 0 Å². The monoisotopic (exact) mass is 248 g/mol. The average Bonchev–Trinajstić information content (AvgIpc) is 2.39. The molecule has 0 bridgehead atoms. The largest absolute Gasteiger partial charge is 0.348 e. The van der Waals surface area contributed by atoms with Crippen molar-refractivity contribution in [3.63, 3.8) is 0 Å². The Hall–Kier alpha value is -1.84. The van der Waals surface area contributed by atoms with Crippen LogP contribution in [0, 0.1) is 0 Å². The molecule has 0 spiro atoms. The molecule has 0 saturated heterocycles. The van der Waals surface area contributed by atoms with Crippen molar-refractivity contribution >= 4 is 11.8 Å². The van der Waals surface area contributed by atoms with E-state index in [-0.39, 0.29) is 6.04 Å². The first kappa shape index (κ1) is 14.2. The lowest BCUT2D eigenvalue weighted by molar-refractivity contribution is -0.139. The molecule has 1 aromatic rings. The Balaban J connectivity index is 2.42. The van der Waals surface area contributed by atoms with Gasteiger partial charge in [-0.1, -0.05) is 43.7 Å².